The Balaban J connectivity index is 1.93. The molecule has 1 aliphatic carbocycles. The molecule has 0 saturated heterocycles. The average molecular weight is 361 g/mol. The molecule has 1 N–H and O–H groups in total. The lowest BCUT2D eigenvalue weighted by molar-refractivity contribution is 0.0526. The maximum atomic E-state index is 13.0. The van der Waals surface area contributed by atoms with Gasteiger partial charge in [0.25, 0.3) is 5.91 Å². The summed E-state index contributed by atoms with van der Waals surface area (Å²) < 4.78 is 18.2. The van der Waals surface area contributed by atoms with Crippen LogP contribution in [0.5, 0.6) is 0 Å². The summed E-state index contributed by atoms with van der Waals surface area (Å²) in [5, 5.41) is 3.33. The van der Waals surface area contributed by atoms with Gasteiger partial charge in [-0.3, -0.25) is 4.79 Å². The van der Waals surface area contributed by atoms with Crippen LogP contribution in [0.4, 0.5) is 9.39 Å². The van der Waals surface area contributed by atoms with Gasteiger partial charge in [0, 0.05) is 10.4 Å². The number of esters is 1. The van der Waals surface area contributed by atoms with E-state index in [-0.39, 0.29) is 12.5 Å². The molecule has 132 valence electrons. The van der Waals surface area contributed by atoms with Crippen molar-refractivity contribution in [1.82, 2.24) is 0 Å². The van der Waals surface area contributed by atoms with Crippen LogP contribution in [0.1, 0.15) is 51.4 Å². The van der Waals surface area contributed by atoms with Crippen molar-refractivity contribution in [1.29, 1.82) is 0 Å². The molecular formula is C19H20FNO3S. The molecular weight excluding hydrogens is 341 g/mol. The summed E-state index contributed by atoms with van der Waals surface area (Å²) in [6, 6.07) is 5.32. The summed E-state index contributed by atoms with van der Waals surface area (Å²) in [4.78, 5) is 26.0. The van der Waals surface area contributed by atoms with E-state index in [4.69, 9.17) is 4.74 Å². The number of amides is 1. The lowest BCUT2D eigenvalue weighted by Crippen LogP contribution is -2.17. The third kappa shape index (κ3) is 3.74. The van der Waals surface area contributed by atoms with Gasteiger partial charge in [0.1, 0.15) is 10.8 Å². The Morgan fingerprint density at radius 1 is 1.32 bits per heavy atom. The van der Waals surface area contributed by atoms with Gasteiger partial charge >= 0.3 is 5.97 Å². The summed E-state index contributed by atoms with van der Waals surface area (Å²) in [7, 11) is 0. The second-order valence-corrected chi connectivity index (χ2v) is 7.34. The van der Waals surface area contributed by atoms with Gasteiger partial charge in [-0.2, -0.15) is 0 Å². The number of fused-ring (bicyclic) bond motifs is 1. The Morgan fingerprint density at radius 2 is 2.04 bits per heavy atom. The Labute approximate surface area is 150 Å². The van der Waals surface area contributed by atoms with E-state index in [2.05, 4.69) is 12.2 Å². The van der Waals surface area contributed by atoms with Gasteiger partial charge in [-0.05, 0) is 61.9 Å². The summed E-state index contributed by atoms with van der Waals surface area (Å²) in [5.74, 6) is -0.666. The Morgan fingerprint density at radius 3 is 2.72 bits per heavy atom. The summed E-state index contributed by atoms with van der Waals surface area (Å²) >= 11 is 1.44. The predicted molar refractivity (Wildman–Crippen MR) is 95.8 cm³/mol. The number of hydrogen-bond acceptors (Lipinski definition) is 4. The number of carbonyl (C=O) groups excluding carboxylic acids is 2. The van der Waals surface area contributed by atoms with Crippen molar-refractivity contribution < 1.29 is 18.7 Å². The smallest absolute Gasteiger partial charge is 0.341 e. The van der Waals surface area contributed by atoms with E-state index in [0.717, 1.165) is 29.7 Å². The van der Waals surface area contributed by atoms with E-state index >= 15 is 0 Å². The van der Waals surface area contributed by atoms with Crippen LogP contribution in [0.2, 0.25) is 0 Å². The highest BCUT2D eigenvalue weighted by atomic mass is 32.1. The lowest BCUT2D eigenvalue weighted by atomic mass is 9.88. The number of benzene rings is 1. The molecule has 0 saturated carbocycles. The molecule has 0 unspecified atom stereocenters. The van der Waals surface area contributed by atoms with Gasteiger partial charge in [-0.1, -0.05) is 6.92 Å². The third-order valence-electron chi connectivity index (χ3n) is 4.32. The quantitative estimate of drug-likeness (QED) is 0.819. The summed E-state index contributed by atoms with van der Waals surface area (Å²) in [5.41, 5.74) is 1.82. The van der Waals surface area contributed by atoms with Gasteiger partial charge in [0.05, 0.1) is 12.2 Å². The van der Waals surface area contributed by atoms with E-state index in [1.54, 1.807) is 6.92 Å². The molecule has 4 nitrogen and oxygen atoms in total. The molecule has 1 heterocycles. The zero-order chi connectivity index (χ0) is 18.0. The molecule has 0 aliphatic heterocycles. The van der Waals surface area contributed by atoms with Crippen molar-refractivity contribution in [3.63, 3.8) is 0 Å². The van der Waals surface area contributed by atoms with Crippen LogP contribution in [-0.4, -0.2) is 18.5 Å². The highest BCUT2D eigenvalue weighted by Gasteiger charge is 2.29. The van der Waals surface area contributed by atoms with Crippen LogP contribution in [0.3, 0.4) is 0 Å². The van der Waals surface area contributed by atoms with Gasteiger partial charge < -0.3 is 10.1 Å². The first-order chi connectivity index (χ1) is 12.0. The van der Waals surface area contributed by atoms with Crippen molar-refractivity contribution in [2.75, 3.05) is 11.9 Å². The molecule has 1 aromatic carbocycles. The number of nitrogens with one attached hydrogen (secondary N) is 1. The van der Waals surface area contributed by atoms with Crippen molar-refractivity contribution in [3.05, 3.63) is 51.7 Å². The molecule has 1 atom stereocenters. The van der Waals surface area contributed by atoms with E-state index in [0.29, 0.717) is 22.0 Å². The number of thiophene rings is 1. The maximum Gasteiger partial charge on any atom is 0.341 e. The zero-order valence-corrected chi connectivity index (χ0v) is 15.0. The zero-order valence-electron chi connectivity index (χ0n) is 14.2. The first-order valence-corrected chi connectivity index (χ1v) is 9.19. The average Bonchev–Trinajstić information content (AvgIpc) is 2.92. The second-order valence-electron chi connectivity index (χ2n) is 6.24. The van der Waals surface area contributed by atoms with E-state index in [1.165, 1.54) is 35.6 Å². The molecule has 1 aromatic heterocycles. The molecule has 0 fully saturated rings. The molecule has 6 heteroatoms. The monoisotopic (exact) mass is 361 g/mol. The molecule has 0 radical (unpaired) electrons. The Kier molecular flexibility index (Phi) is 5.18. The van der Waals surface area contributed by atoms with Crippen LogP contribution >= 0.6 is 11.3 Å². The largest absolute Gasteiger partial charge is 0.462 e. The van der Waals surface area contributed by atoms with E-state index < -0.39 is 11.8 Å². The number of hydrogen-bond donors (Lipinski definition) is 1. The Bertz CT molecular complexity index is 798. The van der Waals surface area contributed by atoms with Crippen molar-refractivity contribution in [2.24, 2.45) is 5.92 Å². The Hall–Kier alpha value is -2.21. The molecule has 0 spiro atoms. The standard InChI is InChI=1S/C19H20FNO3S/c1-3-24-19(23)16-14-10-11(2)4-9-15(14)25-18(16)21-17(22)12-5-7-13(20)8-6-12/h5-8,11H,3-4,9-10H2,1-2H3,(H,21,22)/t11-/m1/s1. The highest BCUT2D eigenvalue weighted by molar-refractivity contribution is 7.17. The van der Waals surface area contributed by atoms with Crippen LogP contribution in [0, 0.1) is 11.7 Å². The number of aryl methyl sites for hydroxylation is 1. The number of carbonyl (C=O) groups is 2. The minimum Gasteiger partial charge on any atom is -0.462 e. The van der Waals surface area contributed by atoms with Gasteiger partial charge in [-0.15, -0.1) is 11.3 Å². The number of halogens is 1. The fourth-order valence-electron chi connectivity index (χ4n) is 3.04. The molecule has 25 heavy (non-hydrogen) atoms. The fraction of sp³-hybridized carbons (Fsp3) is 0.368. The molecule has 0 bridgehead atoms. The predicted octanol–water partition coefficient (Wildman–Crippen LogP) is 4.44. The summed E-state index contributed by atoms with van der Waals surface area (Å²) in [6.07, 6.45) is 2.79. The highest BCUT2D eigenvalue weighted by Crippen LogP contribution is 2.40. The van der Waals surface area contributed by atoms with Crippen LogP contribution < -0.4 is 5.32 Å². The molecule has 1 aliphatic rings. The lowest BCUT2D eigenvalue weighted by Gasteiger charge is -2.18. The first-order valence-electron chi connectivity index (χ1n) is 8.38. The number of rotatable bonds is 4. The maximum absolute atomic E-state index is 13.0. The summed E-state index contributed by atoms with van der Waals surface area (Å²) in [6.45, 7) is 4.20. The SMILES string of the molecule is CCOC(=O)c1c(NC(=O)c2ccc(F)cc2)sc2c1C[C@H](C)CC2. The first kappa shape index (κ1) is 17.6. The van der Waals surface area contributed by atoms with Gasteiger partial charge in [-0.25, -0.2) is 9.18 Å². The molecule has 2 aromatic rings. The fourth-order valence-corrected chi connectivity index (χ4v) is 4.27. The third-order valence-corrected chi connectivity index (χ3v) is 5.53. The topological polar surface area (TPSA) is 55.4 Å². The van der Waals surface area contributed by atoms with Crippen LogP contribution in [0.15, 0.2) is 24.3 Å². The number of ether oxygens (including phenoxy) is 1. The van der Waals surface area contributed by atoms with Crippen molar-refractivity contribution in [3.8, 4) is 0 Å². The van der Waals surface area contributed by atoms with E-state index in [1.807, 2.05) is 0 Å². The van der Waals surface area contributed by atoms with E-state index in [9.17, 15) is 14.0 Å². The second kappa shape index (κ2) is 7.35. The van der Waals surface area contributed by atoms with Crippen LogP contribution in [-0.2, 0) is 17.6 Å². The number of anilines is 1. The van der Waals surface area contributed by atoms with Gasteiger partial charge in [0.15, 0.2) is 0 Å². The normalized spacial score (nSPS) is 16.2. The minimum atomic E-state index is -0.400. The molecule has 1 amide bonds. The van der Waals surface area contributed by atoms with Crippen molar-refractivity contribution in [2.45, 2.75) is 33.1 Å². The van der Waals surface area contributed by atoms with Crippen molar-refractivity contribution >= 4 is 28.2 Å². The minimum absolute atomic E-state index is 0.282. The van der Waals surface area contributed by atoms with Crippen LogP contribution in [0.25, 0.3) is 0 Å². The molecule has 3 rings (SSSR count). The van der Waals surface area contributed by atoms with Gasteiger partial charge in [0.2, 0.25) is 0 Å².